The highest BCUT2D eigenvalue weighted by Gasteiger charge is 2.18. The van der Waals surface area contributed by atoms with Crippen LogP contribution in [0, 0.1) is 6.92 Å². The second-order valence-corrected chi connectivity index (χ2v) is 7.70. The molecule has 0 amide bonds. The van der Waals surface area contributed by atoms with E-state index >= 15 is 0 Å². The van der Waals surface area contributed by atoms with Gasteiger partial charge in [-0.25, -0.2) is 4.98 Å². The second-order valence-electron chi connectivity index (χ2n) is 7.70. The van der Waals surface area contributed by atoms with E-state index in [1.807, 2.05) is 19.1 Å². The van der Waals surface area contributed by atoms with Crippen molar-refractivity contribution in [2.75, 3.05) is 7.11 Å². The maximum absolute atomic E-state index is 10.8. The summed E-state index contributed by atoms with van der Waals surface area (Å²) in [5.74, 6) is 1.28. The Hall–Kier alpha value is -3.39. The molecule has 4 rings (SSSR count). The zero-order chi connectivity index (χ0) is 20.8. The molecular formula is C21H23N5O3. The van der Waals surface area contributed by atoms with Crippen LogP contribution in [-0.2, 0) is 6.54 Å². The van der Waals surface area contributed by atoms with Crippen LogP contribution in [0.1, 0.15) is 19.4 Å². The van der Waals surface area contributed by atoms with Crippen LogP contribution >= 0.6 is 0 Å². The lowest BCUT2D eigenvalue weighted by atomic mass is 10.1. The van der Waals surface area contributed by atoms with Crippen LogP contribution in [0.4, 0.5) is 0 Å². The predicted molar refractivity (Wildman–Crippen MR) is 109 cm³/mol. The van der Waals surface area contributed by atoms with Crippen molar-refractivity contribution in [3.63, 3.8) is 0 Å². The molecule has 0 saturated carbocycles. The molecule has 0 aliphatic carbocycles. The maximum Gasteiger partial charge on any atom is 0.206 e. The van der Waals surface area contributed by atoms with Gasteiger partial charge in [0.05, 0.1) is 42.0 Å². The molecule has 4 aromatic heterocycles. The van der Waals surface area contributed by atoms with Crippen molar-refractivity contribution in [1.29, 1.82) is 0 Å². The van der Waals surface area contributed by atoms with E-state index in [1.54, 1.807) is 61.1 Å². The van der Waals surface area contributed by atoms with Crippen molar-refractivity contribution in [1.82, 2.24) is 24.3 Å². The fourth-order valence-electron chi connectivity index (χ4n) is 3.34. The number of aromatic hydroxyl groups is 1. The van der Waals surface area contributed by atoms with Gasteiger partial charge < -0.3 is 14.9 Å². The number of methoxy groups -OCH3 is 1. The van der Waals surface area contributed by atoms with E-state index in [4.69, 9.17) is 9.72 Å². The molecule has 0 bridgehead atoms. The Labute approximate surface area is 168 Å². The topological polar surface area (TPSA) is 98.2 Å². The molecule has 29 heavy (non-hydrogen) atoms. The van der Waals surface area contributed by atoms with Gasteiger partial charge in [0.25, 0.3) is 0 Å². The van der Waals surface area contributed by atoms with E-state index in [2.05, 4.69) is 10.1 Å². The van der Waals surface area contributed by atoms with Crippen LogP contribution in [-0.4, -0.2) is 47.2 Å². The number of ether oxygens (including phenoxy) is 1. The Balaban J connectivity index is 1.78. The zero-order valence-electron chi connectivity index (χ0n) is 16.8. The van der Waals surface area contributed by atoms with E-state index in [9.17, 15) is 10.2 Å². The molecule has 0 atom stereocenters. The first-order chi connectivity index (χ1) is 13.7. The zero-order valence-corrected chi connectivity index (χ0v) is 16.8. The SMILES string of the molecule is COc1cncc(-c2cc(C)c3c(O)n(-c4ccn(CC(C)(C)O)n4)cc3n2)c1. The molecule has 0 aliphatic rings. The summed E-state index contributed by atoms with van der Waals surface area (Å²) < 4.78 is 8.49. The van der Waals surface area contributed by atoms with Crippen LogP contribution in [0.25, 0.3) is 28.0 Å². The van der Waals surface area contributed by atoms with Gasteiger partial charge >= 0.3 is 0 Å². The molecule has 0 unspecified atom stereocenters. The van der Waals surface area contributed by atoms with Crippen molar-refractivity contribution in [2.24, 2.45) is 0 Å². The van der Waals surface area contributed by atoms with Crippen LogP contribution in [0.15, 0.2) is 43.0 Å². The molecule has 0 radical (unpaired) electrons. The lowest BCUT2D eigenvalue weighted by Gasteiger charge is -2.16. The van der Waals surface area contributed by atoms with Crippen LogP contribution in [0.3, 0.4) is 0 Å². The molecule has 4 heterocycles. The molecule has 0 aromatic carbocycles. The number of aryl methyl sites for hydroxylation is 1. The van der Waals surface area contributed by atoms with E-state index < -0.39 is 5.60 Å². The van der Waals surface area contributed by atoms with E-state index in [0.29, 0.717) is 29.0 Å². The first kappa shape index (κ1) is 18.9. The fourth-order valence-corrected chi connectivity index (χ4v) is 3.34. The highest BCUT2D eigenvalue weighted by Crippen LogP contribution is 2.34. The van der Waals surface area contributed by atoms with Gasteiger partial charge in [-0.2, -0.15) is 5.10 Å². The third kappa shape index (κ3) is 3.66. The highest BCUT2D eigenvalue weighted by atomic mass is 16.5. The second kappa shape index (κ2) is 6.89. The van der Waals surface area contributed by atoms with Gasteiger partial charge in [-0.05, 0) is 38.5 Å². The molecular weight excluding hydrogens is 370 g/mol. The molecule has 0 fully saturated rings. The average molecular weight is 393 g/mol. The van der Waals surface area contributed by atoms with Crippen molar-refractivity contribution < 1.29 is 14.9 Å². The van der Waals surface area contributed by atoms with Crippen molar-refractivity contribution in [3.8, 4) is 28.7 Å². The summed E-state index contributed by atoms with van der Waals surface area (Å²) in [5.41, 5.74) is 2.23. The number of hydrogen-bond donors (Lipinski definition) is 2. The van der Waals surface area contributed by atoms with E-state index in [0.717, 1.165) is 16.8 Å². The molecule has 0 spiro atoms. The first-order valence-electron chi connectivity index (χ1n) is 9.22. The van der Waals surface area contributed by atoms with Crippen molar-refractivity contribution >= 4 is 10.9 Å². The number of aromatic nitrogens is 5. The minimum Gasteiger partial charge on any atom is -0.495 e. The number of fused-ring (bicyclic) bond motifs is 1. The van der Waals surface area contributed by atoms with E-state index in [-0.39, 0.29) is 5.88 Å². The van der Waals surface area contributed by atoms with Crippen LogP contribution in [0.5, 0.6) is 11.6 Å². The van der Waals surface area contributed by atoms with Crippen LogP contribution < -0.4 is 4.74 Å². The molecule has 4 aromatic rings. The molecule has 8 heteroatoms. The average Bonchev–Trinajstić information content (AvgIpc) is 3.24. The minimum absolute atomic E-state index is 0.0776. The minimum atomic E-state index is -0.884. The number of pyridine rings is 2. The Morgan fingerprint density at radius 3 is 2.72 bits per heavy atom. The summed E-state index contributed by atoms with van der Waals surface area (Å²) in [7, 11) is 1.60. The highest BCUT2D eigenvalue weighted by molar-refractivity contribution is 5.90. The number of aliphatic hydroxyl groups is 1. The Morgan fingerprint density at radius 1 is 1.21 bits per heavy atom. The van der Waals surface area contributed by atoms with Gasteiger partial charge in [0, 0.05) is 30.2 Å². The van der Waals surface area contributed by atoms with Gasteiger partial charge in [-0.3, -0.25) is 14.2 Å². The quantitative estimate of drug-likeness (QED) is 0.541. The van der Waals surface area contributed by atoms with Gasteiger partial charge in [-0.1, -0.05) is 0 Å². The monoisotopic (exact) mass is 393 g/mol. The third-order valence-corrected chi connectivity index (χ3v) is 4.61. The molecule has 8 nitrogen and oxygen atoms in total. The van der Waals surface area contributed by atoms with Crippen molar-refractivity contribution in [2.45, 2.75) is 32.9 Å². The molecule has 0 aliphatic heterocycles. The van der Waals surface area contributed by atoms with Crippen LogP contribution in [0.2, 0.25) is 0 Å². The third-order valence-electron chi connectivity index (χ3n) is 4.61. The maximum atomic E-state index is 10.8. The fraction of sp³-hybridized carbons (Fsp3) is 0.286. The van der Waals surface area contributed by atoms with E-state index in [1.165, 1.54) is 0 Å². The summed E-state index contributed by atoms with van der Waals surface area (Å²) in [5, 5.41) is 25.9. The summed E-state index contributed by atoms with van der Waals surface area (Å²) in [4.78, 5) is 8.90. The summed E-state index contributed by atoms with van der Waals surface area (Å²) in [6.07, 6.45) is 6.89. The first-order valence-corrected chi connectivity index (χ1v) is 9.22. The summed E-state index contributed by atoms with van der Waals surface area (Å²) >= 11 is 0. The predicted octanol–water partition coefficient (Wildman–Crippen LogP) is 3.08. The lowest BCUT2D eigenvalue weighted by molar-refractivity contribution is 0.0577. The Morgan fingerprint density at radius 2 is 2.00 bits per heavy atom. The van der Waals surface area contributed by atoms with Gasteiger partial charge in [0.15, 0.2) is 5.82 Å². The van der Waals surface area contributed by atoms with Gasteiger partial charge in [0.1, 0.15) is 5.75 Å². The standard InChI is InChI=1S/C21H23N5O3/c1-13-7-16(14-8-15(29-4)10-22-9-14)23-17-11-26(20(27)19(13)17)18-5-6-25(24-18)12-21(2,3)28/h5-11,27-28H,12H2,1-4H3. The smallest absolute Gasteiger partial charge is 0.206 e. The molecule has 150 valence electrons. The van der Waals surface area contributed by atoms with Crippen molar-refractivity contribution in [3.05, 3.63) is 48.5 Å². The van der Waals surface area contributed by atoms with Gasteiger partial charge in [-0.15, -0.1) is 0 Å². The Bertz CT molecular complexity index is 1190. The van der Waals surface area contributed by atoms with Gasteiger partial charge in [0.2, 0.25) is 5.88 Å². The number of nitrogens with zero attached hydrogens (tertiary/aromatic N) is 5. The Kier molecular flexibility index (Phi) is 4.50. The summed E-state index contributed by atoms with van der Waals surface area (Å²) in [6, 6.07) is 5.57. The lowest BCUT2D eigenvalue weighted by Crippen LogP contribution is -2.26. The molecule has 2 N–H and O–H groups in total. The largest absolute Gasteiger partial charge is 0.495 e. The number of hydrogen-bond acceptors (Lipinski definition) is 6. The summed E-state index contributed by atoms with van der Waals surface area (Å²) in [6.45, 7) is 5.72. The normalized spacial score (nSPS) is 11.9. The number of rotatable bonds is 5. The molecule has 0 saturated heterocycles.